The quantitative estimate of drug-likeness (QED) is 0.0207. The number of ether oxygens (including phenoxy) is 6. The van der Waals surface area contributed by atoms with Crippen molar-refractivity contribution in [1.29, 1.82) is 0 Å². The number of carbonyl (C=O) groups is 10. The SMILES string of the molecule is Cc1sc2c(c1C)C(c1ccc(Cl)cc1)=N[C@@H](CC(=O)Nc1ccc(OCCOCCOCCOCCOCCOCCC(=O)N(C)CCCN(C)CCCNC(=O)CCNC(=O)c3nc(NC(=O)CCNC(=O)c4cc(NC(=O)c5nc(NC(=O)CCNC(=O)c6cc(NC(=O)c7nccn7C)cn6C)cn5C)cn4C)cn3C)cc1)c1nnc(C)n1-2. The molecule has 9 aromatic rings. The van der Waals surface area contributed by atoms with Gasteiger partial charge in [-0.2, -0.15) is 0 Å². The van der Waals surface area contributed by atoms with Gasteiger partial charge in [0.15, 0.2) is 23.3 Å². The van der Waals surface area contributed by atoms with Crippen LogP contribution in [-0.4, -0.2) is 260 Å². The van der Waals surface area contributed by atoms with E-state index in [1.807, 2.05) is 42.8 Å². The Morgan fingerprint density at radius 1 is 0.496 bits per heavy atom. The van der Waals surface area contributed by atoms with Gasteiger partial charge < -0.3 is 109 Å². The lowest BCUT2D eigenvalue weighted by Crippen LogP contribution is -2.33. The number of aromatic nitrogens is 11. The summed E-state index contributed by atoms with van der Waals surface area (Å²) in [6, 6.07) is 17.1. The molecule has 123 heavy (non-hydrogen) atoms. The van der Waals surface area contributed by atoms with Gasteiger partial charge in [0.05, 0.1) is 96.0 Å². The number of nitrogens with one attached hydrogen (secondary N) is 9. The van der Waals surface area contributed by atoms with Crippen molar-refractivity contribution < 1.29 is 76.4 Å². The molecule has 0 fully saturated rings. The standard InChI is InChI=1S/C82H106ClN23O16S/c1-52-53(2)123-82-71(52)72(55-13-15-56(83)16-14-55)92-61(73-98-97-54(3)106(73)82)47-69(110)89-57-17-19-60(20-18-57)122-44-43-121-42-41-120-40-39-119-38-37-118-36-35-117-34-24-70(111)100(5)32-12-31-99(4)30-11-25-84-66(107)21-26-88-79(114)75-95-64(50-104(75)9)93-67(108)22-27-87-78(113)63-46-59(49-103(63)8)91-81(116)76-96-65(51-105(76)10)94-68(109)23-28-86-77(112)62-45-58(48-102(62)7)90-80(115)74-85-29-33-101(74)6/h13-20,29,33,45-46,48-51,61H,11-12,21-28,30-32,34-44,47H2,1-10H3,(H,84,107)(H,86,112)(H,87,113)(H,88,114)(H,89,110)(H,90,115)(H,91,116)(H,93,108)(H,94,109)/t61-/m0/s1. The highest BCUT2D eigenvalue weighted by Crippen LogP contribution is 2.40. The van der Waals surface area contributed by atoms with Gasteiger partial charge >= 0.3 is 0 Å². The van der Waals surface area contributed by atoms with Crippen molar-refractivity contribution in [2.24, 2.45) is 40.2 Å². The summed E-state index contributed by atoms with van der Waals surface area (Å²) in [6.07, 6.45) is 10.6. The highest BCUT2D eigenvalue weighted by atomic mass is 35.5. The van der Waals surface area contributed by atoms with Crippen LogP contribution < -0.4 is 52.6 Å². The maximum absolute atomic E-state index is 13.6. The van der Waals surface area contributed by atoms with E-state index < -0.39 is 47.4 Å². The molecule has 8 heterocycles. The van der Waals surface area contributed by atoms with Gasteiger partial charge in [-0.1, -0.05) is 23.7 Å². The average molecular weight is 1740 g/mol. The molecule has 0 unspecified atom stereocenters. The maximum atomic E-state index is 13.6. The monoisotopic (exact) mass is 1740 g/mol. The lowest BCUT2D eigenvalue weighted by molar-refractivity contribution is -0.131. The van der Waals surface area contributed by atoms with E-state index in [1.54, 1.807) is 99.7 Å². The topological polar surface area (TPSA) is 447 Å². The number of thiophene rings is 1. The van der Waals surface area contributed by atoms with E-state index in [9.17, 15) is 47.9 Å². The first-order valence-electron chi connectivity index (χ1n) is 40.1. The Morgan fingerprint density at radius 3 is 1.58 bits per heavy atom. The number of rotatable bonds is 49. The van der Waals surface area contributed by atoms with E-state index in [1.165, 1.54) is 55.2 Å². The third-order valence-corrected chi connectivity index (χ3v) is 20.9. The maximum Gasteiger partial charge on any atom is 0.291 e. The summed E-state index contributed by atoms with van der Waals surface area (Å²) in [6.45, 7) is 12.6. The predicted octanol–water partition coefficient (Wildman–Crippen LogP) is 5.69. The first kappa shape index (κ1) is 93.0. The fraction of sp³-hybridized carbons (Fsp3) is 0.439. The highest BCUT2D eigenvalue weighted by molar-refractivity contribution is 7.15. The summed E-state index contributed by atoms with van der Waals surface area (Å²) < 4.78 is 43.4. The molecule has 7 aromatic heterocycles. The number of aliphatic imine (C=N–C) groups is 1. The Labute approximate surface area is 719 Å². The zero-order valence-corrected chi connectivity index (χ0v) is 72.1. The Morgan fingerprint density at radius 2 is 1.02 bits per heavy atom. The molecule has 1 aliphatic rings. The van der Waals surface area contributed by atoms with Crippen LogP contribution in [0.15, 0.2) is 103 Å². The van der Waals surface area contributed by atoms with Gasteiger partial charge in [0.1, 0.15) is 40.6 Å². The molecule has 2 aromatic carbocycles. The van der Waals surface area contributed by atoms with Crippen molar-refractivity contribution in [3.63, 3.8) is 0 Å². The van der Waals surface area contributed by atoms with Gasteiger partial charge in [0, 0.05) is 158 Å². The van der Waals surface area contributed by atoms with Crippen molar-refractivity contribution in [3.8, 4) is 10.8 Å². The third kappa shape index (κ3) is 27.6. The van der Waals surface area contributed by atoms with Crippen molar-refractivity contribution in [2.75, 3.05) is 159 Å². The summed E-state index contributed by atoms with van der Waals surface area (Å²) in [5.41, 5.74) is 5.46. The number of carbonyl (C=O) groups excluding carboxylic acids is 10. The van der Waals surface area contributed by atoms with Crippen molar-refractivity contribution in [1.82, 2.24) is 83.6 Å². The normalized spacial score (nSPS) is 12.2. The molecule has 0 saturated carbocycles. The van der Waals surface area contributed by atoms with Crippen molar-refractivity contribution in [3.05, 3.63) is 165 Å². The Bertz CT molecular complexity index is 5180. The predicted molar refractivity (Wildman–Crippen MR) is 459 cm³/mol. The number of halogens is 1. The van der Waals surface area contributed by atoms with E-state index in [4.69, 9.17) is 45.0 Å². The molecule has 658 valence electrons. The summed E-state index contributed by atoms with van der Waals surface area (Å²) in [7, 11) is 11.8. The van der Waals surface area contributed by atoms with Crippen LogP contribution in [0.2, 0.25) is 5.02 Å². The average Bonchev–Trinajstić information content (AvgIpc) is 1.59. The van der Waals surface area contributed by atoms with Gasteiger partial charge in [-0.15, -0.1) is 21.5 Å². The van der Waals surface area contributed by atoms with Crippen LogP contribution in [0.5, 0.6) is 5.75 Å². The van der Waals surface area contributed by atoms with E-state index in [0.717, 1.165) is 51.1 Å². The number of aryl methyl sites for hydroxylation is 7. The summed E-state index contributed by atoms with van der Waals surface area (Å²) in [4.78, 5) is 152. The van der Waals surface area contributed by atoms with E-state index >= 15 is 0 Å². The van der Waals surface area contributed by atoms with Gasteiger partial charge in [0.2, 0.25) is 41.2 Å². The van der Waals surface area contributed by atoms with Gasteiger partial charge in [0.25, 0.3) is 29.5 Å². The molecule has 0 saturated heterocycles. The molecule has 0 spiro atoms. The second-order valence-electron chi connectivity index (χ2n) is 29.0. The zero-order chi connectivity index (χ0) is 88.1. The molecule has 9 N–H and O–H groups in total. The molecule has 0 aliphatic carbocycles. The number of hydrogen-bond donors (Lipinski definition) is 9. The second kappa shape index (κ2) is 46.1. The molecule has 0 bridgehead atoms. The van der Waals surface area contributed by atoms with Crippen LogP contribution in [0.4, 0.5) is 28.7 Å². The molecule has 0 radical (unpaired) electrons. The number of benzene rings is 2. The zero-order valence-electron chi connectivity index (χ0n) is 70.6. The highest BCUT2D eigenvalue weighted by Gasteiger charge is 2.33. The van der Waals surface area contributed by atoms with Crippen LogP contribution in [0.3, 0.4) is 0 Å². The van der Waals surface area contributed by atoms with Crippen molar-refractivity contribution in [2.45, 2.75) is 71.8 Å². The lowest BCUT2D eigenvalue weighted by Gasteiger charge is -2.20. The Balaban J connectivity index is 0.481. The van der Waals surface area contributed by atoms with E-state index in [0.29, 0.717) is 120 Å². The van der Waals surface area contributed by atoms with Gasteiger partial charge in [-0.25, -0.2) is 15.0 Å². The van der Waals surface area contributed by atoms with Crippen LogP contribution in [-0.2, 0) is 82.9 Å². The Kier molecular flexibility index (Phi) is 34.8. The fourth-order valence-electron chi connectivity index (χ4n) is 12.9. The van der Waals surface area contributed by atoms with Crippen LogP contribution in [0.1, 0.15) is 137 Å². The largest absolute Gasteiger partial charge is 0.491 e. The van der Waals surface area contributed by atoms with Crippen LogP contribution in [0, 0.1) is 20.8 Å². The molecular formula is C82H106ClN23O16S. The fourth-order valence-corrected chi connectivity index (χ4v) is 14.2. The molecule has 10 amide bonds. The molecule has 39 nitrogen and oxygen atoms in total. The van der Waals surface area contributed by atoms with Crippen LogP contribution in [0.25, 0.3) is 5.00 Å². The molecule has 1 atom stereocenters. The van der Waals surface area contributed by atoms with E-state index in [-0.39, 0.29) is 122 Å². The smallest absolute Gasteiger partial charge is 0.291 e. The summed E-state index contributed by atoms with van der Waals surface area (Å²) >= 11 is 7.92. The number of hydrogen-bond acceptors (Lipinski definition) is 24. The number of anilines is 5. The summed E-state index contributed by atoms with van der Waals surface area (Å²) in [5.74, 6) is -1.84. The van der Waals surface area contributed by atoms with Gasteiger partial charge in [-0.3, -0.25) is 57.5 Å². The lowest BCUT2D eigenvalue weighted by atomic mass is 9.99. The minimum atomic E-state index is -0.640. The number of fused-ring (bicyclic) bond motifs is 3. The number of nitrogens with zero attached hydrogens (tertiary/aromatic N) is 14. The van der Waals surface area contributed by atoms with Crippen molar-refractivity contribution >= 4 is 116 Å². The first-order chi connectivity index (χ1) is 59.2. The third-order valence-electron chi connectivity index (χ3n) is 19.4. The second-order valence-corrected chi connectivity index (χ2v) is 30.6. The molecule has 10 rings (SSSR count). The van der Waals surface area contributed by atoms with Gasteiger partial charge in [-0.05, 0) is 108 Å². The minimum Gasteiger partial charge on any atom is -0.491 e. The molecule has 41 heteroatoms. The number of amides is 10. The first-order valence-corrected chi connectivity index (χ1v) is 41.3. The summed E-state index contributed by atoms with van der Waals surface area (Å²) in [5, 5.41) is 35.0. The van der Waals surface area contributed by atoms with Crippen LogP contribution >= 0.6 is 22.9 Å². The number of imidazole rings is 3. The molecular weight excluding hydrogens is 1630 g/mol. The van der Waals surface area contributed by atoms with E-state index in [2.05, 4.69) is 91.7 Å². The molecule has 1 aliphatic heterocycles. The minimum absolute atomic E-state index is 0.00249. The Hall–Kier alpha value is -12.3.